The zero-order chi connectivity index (χ0) is 21.6. The number of nitrogens with zero attached hydrogens (tertiary/aromatic N) is 4. The van der Waals surface area contributed by atoms with E-state index in [-0.39, 0.29) is 17.6 Å². The Bertz CT molecular complexity index is 1230. The van der Waals surface area contributed by atoms with Gasteiger partial charge in [-0.15, -0.1) is 0 Å². The summed E-state index contributed by atoms with van der Waals surface area (Å²) in [7, 11) is 1.79. The Morgan fingerprint density at radius 1 is 1.27 bits per heavy atom. The molecule has 11 heteroatoms. The topological polar surface area (TPSA) is 104 Å². The molecule has 0 bridgehead atoms. The highest BCUT2D eigenvalue weighted by atomic mass is 19.4. The quantitative estimate of drug-likeness (QED) is 0.473. The fraction of sp³-hybridized carbons (Fsp3) is 0.263. The molecule has 4 aromatic heterocycles. The van der Waals surface area contributed by atoms with Gasteiger partial charge in [-0.25, -0.2) is 4.98 Å². The first kappa shape index (κ1) is 19.7. The predicted octanol–water partition coefficient (Wildman–Crippen LogP) is 3.50. The number of H-pyrrole nitrogens is 2. The van der Waals surface area contributed by atoms with Crippen LogP contribution >= 0.6 is 0 Å². The monoisotopic (exact) mass is 417 g/mol. The largest absolute Gasteiger partial charge is 0.433 e. The summed E-state index contributed by atoms with van der Waals surface area (Å²) < 4.78 is 40.3. The second-order valence-corrected chi connectivity index (χ2v) is 6.98. The molecule has 3 N–H and O–H groups in total. The number of aromatic nitrogens is 6. The highest BCUT2D eigenvalue weighted by Crippen LogP contribution is 2.33. The van der Waals surface area contributed by atoms with Crippen molar-refractivity contribution in [3.05, 3.63) is 53.2 Å². The van der Waals surface area contributed by atoms with E-state index in [1.165, 1.54) is 6.07 Å². The van der Waals surface area contributed by atoms with Crippen LogP contribution in [0.4, 0.5) is 13.2 Å². The molecule has 1 amide bonds. The van der Waals surface area contributed by atoms with Crippen LogP contribution in [0.5, 0.6) is 0 Å². The van der Waals surface area contributed by atoms with Crippen molar-refractivity contribution in [1.82, 2.24) is 35.3 Å². The van der Waals surface area contributed by atoms with Gasteiger partial charge in [-0.05, 0) is 37.6 Å². The van der Waals surface area contributed by atoms with Gasteiger partial charge < -0.3 is 10.3 Å². The van der Waals surface area contributed by atoms with E-state index < -0.39 is 11.9 Å². The molecule has 30 heavy (non-hydrogen) atoms. The van der Waals surface area contributed by atoms with E-state index in [0.717, 1.165) is 11.8 Å². The van der Waals surface area contributed by atoms with E-state index >= 15 is 0 Å². The maximum Gasteiger partial charge on any atom is 0.433 e. The second kappa shape index (κ2) is 7.01. The lowest BCUT2D eigenvalue weighted by atomic mass is 10.1. The number of hydrogen-bond donors (Lipinski definition) is 3. The molecular formula is C19H18F3N7O. The van der Waals surface area contributed by atoms with Gasteiger partial charge in [0, 0.05) is 30.4 Å². The number of amides is 1. The molecule has 0 aromatic carbocycles. The number of aryl methyl sites for hydroxylation is 1. The number of alkyl halides is 3. The molecule has 0 fully saturated rings. The predicted molar refractivity (Wildman–Crippen MR) is 103 cm³/mol. The molecule has 1 atom stereocenters. The van der Waals surface area contributed by atoms with Gasteiger partial charge >= 0.3 is 6.18 Å². The van der Waals surface area contributed by atoms with Gasteiger partial charge in [0.25, 0.3) is 5.91 Å². The molecule has 0 spiro atoms. The van der Waals surface area contributed by atoms with Crippen molar-refractivity contribution < 1.29 is 18.0 Å². The SMILES string of the molecule is Cc1c(-c2[nH]nc3nc(C(F)(F)F)ccc23)c[nH]c1C(=O)NC(C)c1ccn(C)n1. The Labute approximate surface area is 168 Å². The normalized spacial score (nSPS) is 13.0. The number of aromatic amines is 2. The lowest BCUT2D eigenvalue weighted by molar-refractivity contribution is -0.141. The van der Waals surface area contributed by atoms with Gasteiger partial charge in [-0.2, -0.15) is 23.4 Å². The molecule has 0 aliphatic carbocycles. The molecule has 0 aliphatic rings. The smallest absolute Gasteiger partial charge is 0.356 e. The van der Waals surface area contributed by atoms with Crippen molar-refractivity contribution >= 4 is 16.9 Å². The van der Waals surface area contributed by atoms with Crippen molar-refractivity contribution in [2.45, 2.75) is 26.1 Å². The number of hydrogen-bond acceptors (Lipinski definition) is 4. The Morgan fingerprint density at radius 2 is 2.03 bits per heavy atom. The number of halogens is 3. The zero-order valence-electron chi connectivity index (χ0n) is 16.3. The van der Waals surface area contributed by atoms with Gasteiger partial charge in [-0.3, -0.25) is 14.6 Å². The zero-order valence-corrected chi connectivity index (χ0v) is 16.3. The number of carbonyl (C=O) groups is 1. The highest BCUT2D eigenvalue weighted by molar-refractivity contribution is 5.98. The third-order valence-electron chi connectivity index (χ3n) is 4.87. The Hall–Kier alpha value is -3.63. The van der Waals surface area contributed by atoms with Crippen LogP contribution in [0.2, 0.25) is 0 Å². The first-order valence-electron chi connectivity index (χ1n) is 9.06. The molecule has 1 unspecified atom stereocenters. The highest BCUT2D eigenvalue weighted by Gasteiger charge is 2.33. The van der Waals surface area contributed by atoms with Crippen molar-refractivity contribution in [3.63, 3.8) is 0 Å². The summed E-state index contributed by atoms with van der Waals surface area (Å²) >= 11 is 0. The van der Waals surface area contributed by atoms with E-state index in [2.05, 4.69) is 30.6 Å². The molecule has 0 saturated heterocycles. The first-order chi connectivity index (χ1) is 14.1. The third kappa shape index (κ3) is 3.42. The molecule has 4 heterocycles. The van der Waals surface area contributed by atoms with Crippen molar-refractivity contribution in [2.75, 3.05) is 0 Å². The van der Waals surface area contributed by atoms with E-state index in [1.54, 1.807) is 31.0 Å². The van der Waals surface area contributed by atoms with Crippen LogP contribution in [0.3, 0.4) is 0 Å². The van der Waals surface area contributed by atoms with Crippen molar-refractivity contribution in [2.24, 2.45) is 7.05 Å². The van der Waals surface area contributed by atoms with Gasteiger partial charge in [0.05, 0.1) is 17.4 Å². The van der Waals surface area contributed by atoms with Crippen LogP contribution in [0, 0.1) is 6.92 Å². The molecule has 4 aromatic rings. The summed E-state index contributed by atoms with van der Waals surface area (Å²) in [6.45, 7) is 3.57. The van der Waals surface area contributed by atoms with E-state index in [4.69, 9.17) is 0 Å². The molecular weight excluding hydrogens is 399 g/mol. The lowest BCUT2D eigenvalue weighted by Crippen LogP contribution is -2.27. The van der Waals surface area contributed by atoms with Crippen LogP contribution < -0.4 is 5.32 Å². The van der Waals surface area contributed by atoms with E-state index in [0.29, 0.717) is 27.9 Å². The fourth-order valence-corrected chi connectivity index (χ4v) is 3.26. The fourth-order valence-electron chi connectivity index (χ4n) is 3.26. The maximum absolute atomic E-state index is 12.9. The standard InChI is InChI=1S/C19H18F3N7O/c1-9-12(16-11-4-5-14(19(20,21)22)25-17(11)27-26-16)8-23-15(9)18(30)24-10(2)13-6-7-29(3)28-13/h4-8,10,23H,1-3H3,(H,24,30)(H,25,26,27). The summed E-state index contributed by atoms with van der Waals surface area (Å²) in [6.07, 6.45) is -1.15. The first-order valence-corrected chi connectivity index (χ1v) is 9.06. The minimum Gasteiger partial charge on any atom is -0.356 e. The molecule has 8 nitrogen and oxygen atoms in total. The number of nitrogens with one attached hydrogen (secondary N) is 3. The second-order valence-electron chi connectivity index (χ2n) is 6.98. The number of carbonyl (C=O) groups excluding carboxylic acids is 1. The number of pyridine rings is 1. The van der Waals surface area contributed by atoms with Gasteiger partial charge in [0.15, 0.2) is 5.65 Å². The van der Waals surface area contributed by atoms with Crippen LogP contribution in [0.15, 0.2) is 30.6 Å². The van der Waals surface area contributed by atoms with Crippen LogP contribution in [-0.4, -0.2) is 35.9 Å². The van der Waals surface area contributed by atoms with Crippen molar-refractivity contribution in [3.8, 4) is 11.3 Å². The molecule has 0 radical (unpaired) electrons. The Morgan fingerprint density at radius 3 is 2.70 bits per heavy atom. The summed E-state index contributed by atoms with van der Waals surface area (Å²) in [5, 5.41) is 14.2. The maximum atomic E-state index is 12.9. The average molecular weight is 417 g/mol. The van der Waals surface area contributed by atoms with E-state index in [9.17, 15) is 18.0 Å². The van der Waals surface area contributed by atoms with Gasteiger partial charge in [0.1, 0.15) is 11.4 Å². The average Bonchev–Trinajstić information content (AvgIpc) is 3.38. The summed E-state index contributed by atoms with van der Waals surface area (Å²) in [6, 6.07) is 3.74. The minimum absolute atomic E-state index is 0.0461. The van der Waals surface area contributed by atoms with Gasteiger partial charge in [0.2, 0.25) is 0 Å². The van der Waals surface area contributed by atoms with Crippen LogP contribution in [-0.2, 0) is 13.2 Å². The minimum atomic E-state index is -4.55. The van der Waals surface area contributed by atoms with Gasteiger partial charge in [-0.1, -0.05) is 0 Å². The molecule has 0 saturated carbocycles. The molecule has 4 rings (SSSR count). The van der Waals surface area contributed by atoms with E-state index in [1.807, 2.05) is 13.0 Å². The number of rotatable bonds is 4. The van der Waals surface area contributed by atoms with Crippen molar-refractivity contribution in [1.29, 1.82) is 0 Å². The summed E-state index contributed by atoms with van der Waals surface area (Å²) in [5.74, 6) is -0.321. The summed E-state index contributed by atoms with van der Waals surface area (Å²) in [5.41, 5.74) is 1.74. The number of fused-ring (bicyclic) bond motifs is 1. The van der Waals surface area contributed by atoms with Crippen LogP contribution in [0.25, 0.3) is 22.3 Å². The summed E-state index contributed by atoms with van der Waals surface area (Å²) in [4.78, 5) is 19.2. The van der Waals surface area contributed by atoms with Crippen LogP contribution in [0.1, 0.15) is 40.4 Å². The lowest BCUT2D eigenvalue weighted by Gasteiger charge is -2.11. The Kier molecular flexibility index (Phi) is 4.60. The Balaban J connectivity index is 1.62. The third-order valence-corrected chi connectivity index (χ3v) is 4.87. The molecule has 156 valence electrons. The molecule has 0 aliphatic heterocycles.